The summed E-state index contributed by atoms with van der Waals surface area (Å²) in [5.41, 5.74) is 3.93. The van der Waals surface area contributed by atoms with E-state index in [1.165, 1.54) is 0 Å². The van der Waals surface area contributed by atoms with Crippen molar-refractivity contribution < 1.29 is 15.0 Å². The van der Waals surface area contributed by atoms with Gasteiger partial charge in [0.1, 0.15) is 6.33 Å². The number of aromatic nitrogens is 2. The minimum Gasteiger partial charge on any atom is -0.478 e. The summed E-state index contributed by atoms with van der Waals surface area (Å²) in [5.74, 6) is -0.950. The second-order valence-corrected chi connectivity index (χ2v) is 6.70. The number of rotatable bonds is 5. The molecule has 7 heteroatoms. The first kappa shape index (κ1) is 17.5. The van der Waals surface area contributed by atoms with Crippen LogP contribution in [-0.2, 0) is 0 Å². The normalized spacial score (nSPS) is 15.4. The Labute approximate surface area is 157 Å². The number of carbonyl (C=O) groups is 1. The third-order valence-electron chi connectivity index (χ3n) is 5.06. The minimum absolute atomic E-state index is 0.201. The van der Waals surface area contributed by atoms with E-state index in [9.17, 15) is 4.79 Å². The van der Waals surface area contributed by atoms with E-state index >= 15 is 0 Å². The first-order chi connectivity index (χ1) is 13.2. The molecular weight excluding hydrogens is 344 g/mol. The van der Waals surface area contributed by atoms with Crippen molar-refractivity contribution >= 4 is 22.7 Å². The van der Waals surface area contributed by atoms with Gasteiger partial charge in [-0.3, -0.25) is 9.47 Å². The lowest BCUT2D eigenvalue weighted by atomic mass is 10.2. The molecule has 3 aromatic rings. The molecule has 2 heterocycles. The fraction of sp³-hybridized carbons (Fsp3) is 0.300. The quantitative estimate of drug-likeness (QED) is 0.717. The van der Waals surface area contributed by atoms with Crippen molar-refractivity contribution in [3.05, 3.63) is 54.4 Å². The summed E-state index contributed by atoms with van der Waals surface area (Å²) in [5, 5.41) is 18.2. The van der Waals surface area contributed by atoms with Crippen molar-refractivity contribution in [2.75, 3.05) is 44.2 Å². The Morgan fingerprint density at radius 1 is 1.04 bits per heavy atom. The van der Waals surface area contributed by atoms with Crippen LogP contribution in [0.1, 0.15) is 10.4 Å². The van der Waals surface area contributed by atoms with E-state index in [-0.39, 0.29) is 12.2 Å². The Kier molecular flexibility index (Phi) is 4.79. The second-order valence-electron chi connectivity index (χ2n) is 6.70. The monoisotopic (exact) mass is 366 g/mol. The molecule has 1 aliphatic heterocycles. The van der Waals surface area contributed by atoms with Crippen molar-refractivity contribution in [1.29, 1.82) is 0 Å². The van der Waals surface area contributed by atoms with E-state index in [1.54, 1.807) is 24.5 Å². The average Bonchev–Trinajstić information content (AvgIpc) is 3.12. The van der Waals surface area contributed by atoms with Crippen LogP contribution in [0.2, 0.25) is 0 Å². The lowest BCUT2D eigenvalue weighted by Crippen LogP contribution is -2.47. The summed E-state index contributed by atoms with van der Waals surface area (Å²) in [6.07, 6.45) is 1.73. The van der Waals surface area contributed by atoms with Gasteiger partial charge in [0.15, 0.2) is 0 Å². The summed E-state index contributed by atoms with van der Waals surface area (Å²) >= 11 is 0. The number of anilines is 1. The molecule has 1 aliphatic rings. The Morgan fingerprint density at radius 3 is 2.56 bits per heavy atom. The first-order valence-corrected chi connectivity index (χ1v) is 9.05. The summed E-state index contributed by atoms with van der Waals surface area (Å²) < 4.78 is 1.98. The summed E-state index contributed by atoms with van der Waals surface area (Å²) in [7, 11) is 0. The van der Waals surface area contributed by atoms with Gasteiger partial charge in [-0.25, -0.2) is 9.78 Å². The van der Waals surface area contributed by atoms with Gasteiger partial charge in [-0.15, -0.1) is 0 Å². The van der Waals surface area contributed by atoms with Gasteiger partial charge < -0.3 is 15.1 Å². The van der Waals surface area contributed by atoms with Gasteiger partial charge in [0.2, 0.25) is 0 Å². The topological polar surface area (TPSA) is 81.8 Å². The van der Waals surface area contributed by atoms with Crippen LogP contribution in [0.15, 0.2) is 48.8 Å². The SMILES string of the molecule is O=C(O)c1ccc2c(c1)ncn2-c1cccc(N2CCN(CCO)CC2)c1. The van der Waals surface area contributed by atoms with Crippen molar-refractivity contribution in [3.63, 3.8) is 0 Å². The number of hydrogen-bond donors (Lipinski definition) is 2. The molecule has 2 N–H and O–H groups in total. The number of carboxylic acids is 1. The van der Waals surface area contributed by atoms with Gasteiger partial charge >= 0.3 is 5.97 Å². The van der Waals surface area contributed by atoms with E-state index in [4.69, 9.17) is 10.2 Å². The van der Waals surface area contributed by atoms with E-state index in [2.05, 4.69) is 26.9 Å². The lowest BCUT2D eigenvalue weighted by Gasteiger charge is -2.36. The van der Waals surface area contributed by atoms with Crippen LogP contribution in [0.4, 0.5) is 5.69 Å². The van der Waals surface area contributed by atoms with E-state index in [0.29, 0.717) is 5.52 Å². The molecule has 1 fully saturated rings. The van der Waals surface area contributed by atoms with Crippen molar-refractivity contribution in [3.8, 4) is 5.69 Å². The number of aliphatic hydroxyl groups excluding tert-OH is 1. The number of hydrogen-bond acceptors (Lipinski definition) is 5. The number of carboxylic acid groups (broad SMARTS) is 1. The maximum absolute atomic E-state index is 11.1. The maximum atomic E-state index is 11.1. The van der Waals surface area contributed by atoms with Crippen LogP contribution in [0.3, 0.4) is 0 Å². The summed E-state index contributed by atoms with van der Waals surface area (Å²) in [6, 6.07) is 13.3. The number of aromatic carboxylic acids is 1. The van der Waals surface area contributed by atoms with Crippen LogP contribution in [-0.4, -0.2) is 70.0 Å². The second kappa shape index (κ2) is 7.38. The number of benzene rings is 2. The number of fused-ring (bicyclic) bond motifs is 1. The molecule has 0 bridgehead atoms. The zero-order chi connectivity index (χ0) is 18.8. The molecule has 4 rings (SSSR count). The molecule has 0 aliphatic carbocycles. The van der Waals surface area contributed by atoms with Crippen molar-refractivity contribution in [1.82, 2.24) is 14.5 Å². The zero-order valence-corrected chi connectivity index (χ0v) is 15.0. The minimum atomic E-state index is -0.950. The first-order valence-electron chi connectivity index (χ1n) is 9.05. The standard InChI is InChI=1S/C20H22N4O3/c25-11-10-22-6-8-23(9-7-22)16-2-1-3-17(13-16)24-14-21-18-12-15(20(26)27)4-5-19(18)24/h1-5,12-14,25H,6-11H2,(H,26,27). The summed E-state index contributed by atoms with van der Waals surface area (Å²) in [6.45, 7) is 4.67. The van der Waals surface area contributed by atoms with Gasteiger partial charge in [0.05, 0.1) is 23.2 Å². The molecule has 0 atom stereocenters. The van der Waals surface area contributed by atoms with Crippen LogP contribution in [0.5, 0.6) is 0 Å². The molecule has 1 saturated heterocycles. The number of aliphatic hydroxyl groups is 1. The fourth-order valence-electron chi connectivity index (χ4n) is 3.56. The lowest BCUT2D eigenvalue weighted by molar-refractivity contribution is 0.0697. The molecule has 7 nitrogen and oxygen atoms in total. The van der Waals surface area contributed by atoms with E-state index in [0.717, 1.165) is 49.6 Å². The highest BCUT2D eigenvalue weighted by atomic mass is 16.4. The molecule has 140 valence electrons. The van der Waals surface area contributed by atoms with Gasteiger partial charge in [-0.1, -0.05) is 6.07 Å². The zero-order valence-electron chi connectivity index (χ0n) is 15.0. The smallest absolute Gasteiger partial charge is 0.335 e. The third kappa shape index (κ3) is 3.51. The van der Waals surface area contributed by atoms with Gasteiger partial charge in [-0.05, 0) is 36.4 Å². The Morgan fingerprint density at radius 2 is 1.81 bits per heavy atom. The Bertz CT molecular complexity index is 961. The molecule has 0 saturated carbocycles. The van der Waals surface area contributed by atoms with Crippen molar-refractivity contribution in [2.45, 2.75) is 0 Å². The number of piperazine rings is 1. The van der Waals surface area contributed by atoms with Crippen LogP contribution in [0, 0.1) is 0 Å². The van der Waals surface area contributed by atoms with Crippen LogP contribution in [0.25, 0.3) is 16.7 Å². The Hall–Kier alpha value is -2.90. The predicted octanol–water partition coefficient (Wildman–Crippen LogP) is 1.84. The molecule has 0 amide bonds. The fourth-order valence-corrected chi connectivity index (χ4v) is 3.56. The number of β-amino-alcohol motifs (C(OH)–C–C–N with tert-alkyl or cyclic N) is 1. The molecule has 1 aromatic heterocycles. The predicted molar refractivity (Wildman–Crippen MR) is 104 cm³/mol. The van der Waals surface area contributed by atoms with E-state index in [1.807, 2.05) is 16.7 Å². The third-order valence-corrected chi connectivity index (χ3v) is 5.06. The molecule has 2 aromatic carbocycles. The van der Waals surface area contributed by atoms with Crippen LogP contribution < -0.4 is 4.90 Å². The molecule has 0 spiro atoms. The largest absolute Gasteiger partial charge is 0.478 e. The van der Waals surface area contributed by atoms with Crippen LogP contribution >= 0.6 is 0 Å². The molecule has 0 radical (unpaired) electrons. The highest BCUT2D eigenvalue weighted by Crippen LogP contribution is 2.24. The van der Waals surface area contributed by atoms with Gasteiger partial charge in [-0.2, -0.15) is 0 Å². The Balaban J connectivity index is 1.60. The van der Waals surface area contributed by atoms with Crippen molar-refractivity contribution in [2.24, 2.45) is 0 Å². The van der Waals surface area contributed by atoms with E-state index < -0.39 is 5.97 Å². The number of imidazole rings is 1. The maximum Gasteiger partial charge on any atom is 0.335 e. The highest BCUT2D eigenvalue weighted by Gasteiger charge is 2.17. The number of nitrogens with zero attached hydrogens (tertiary/aromatic N) is 4. The van der Waals surface area contributed by atoms with Gasteiger partial charge in [0, 0.05) is 44.1 Å². The molecular formula is C20H22N4O3. The van der Waals surface area contributed by atoms with Gasteiger partial charge in [0.25, 0.3) is 0 Å². The average molecular weight is 366 g/mol. The highest BCUT2D eigenvalue weighted by molar-refractivity contribution is 5.92. The summed E-state index contributed by atoms with van der Waals surface area (Å²) in [4.78, 5) is 20.1. The molecule has 27 heavy (non-hydrogen) atoms. The molecule has 0 unspecified atom stereocenters.